The predicted octanol–water partition coefficient (Wildman–Crippen LogP) is 5.58. The van der Waals surface area contributed by atoms with E-state index in [4.69, 9.17) is 5.73 Å². The lowest BCUT2D eigenvalue weighted by molar-refractivity contribution is -0.116. The Morgan fingerprint density at radius 2 is 1.96 bits per heavy atom. The van der Waals surface area contributed by atoms with E-state index in [0.717, 1.165) is 37.4 Å². The van der Waals surface area contributed by atoms with Crippen LogP contribution in [0, 0.1) is 11.3 Å². The van der Waals surface area contributed by atoms with Gasteiger partial charge in [0.1, 0.15) is 5.82 Å². The van der Waals surface area contributed by atoms with Crippen molar-refractivity contribution in [2.45, 2.75) is 25.2 Å². The zero-order chi connectivity index (χ0) is 19.1. The van der Waals surface area contributed by atoms with Gasteiger partial charge in [0.25, 0.3) is 0 Å². The number of nitriles is 1. The van der Waals surface area contributed by atoms with Gasteiger partial charge in [-0.3, -0.25) is 9.69 Å². The third-order valence-electron chi connectivity index (χ3n) is 4.89. The molecule has 1 aromatic heterocycles. The molecule has 0 spiro atoms. The van der Waals surface area contributed by atoms with Crippen LogP contribution in [0.15, 0.2) is 67.3 Å². The van der Waals surface area contributed by atoms with Crippen molar-refractivity contribution in [1.29, 1.82) is 5.26 Å². The van der Waals surface area contributed by atoms with Crippen LogP contribution in [-0.2, 0) is 4.79 Å². The Morgan fingerprint density at radius 3 is 2.63 bits per heavy atom. The minimum Gasteiger partial charge on any atom is -0.384 e. The van der Waals surface area contributed by atoms with Gasteiger partial charge < -0.3 is 5.73 Å². The van der Waals surface area contributed by atoms with Crippen LogP contribution >= 0.6 is 43.2 Å². The summed E-state index contributed by atoms with van der Waals surface area (Å²) in [4.78, 5) is 15.8. The van der Waals surface area contributed by atoms with Gasteiger partial charge in [0.2, 0.25) is 0 Å². The number of nitrogens with two attached hydrogens (primary N) is 1. The molecule has 1 aromatic carbocycles. The number of para-hydroxylation sites is 1. The van der Waals surface area contributed by atoms with Gasteiger partial charge >= 0.3 is 0 Å². The molecule has 27 heavy (non-hydrogen) atoms. The smallest absolute Gasteiger partial charge is 0.161 e. The summed E-state index contributed by atoms with van der Waals surface area (Å²) >= 11 is 8.60. The first-order chi connectivity index (χ1) is 13.0. The summed E-state index contributed by atoms with van der Waals surface area (Å²) in [5, 5.41) is 9.94. The van der Waals surface area contributed by atoms with E-state index >= 15 is 0 Å². The molecule has 2 heterocycles. The molecule has 0 saturated carbocycles. The van der Waals surface area contributed by atoms with Crippen molar-refractivity contribution in [1.82, 2.24) is 0 Å². The molecule has 136 valence electrons. The molecule has 0 amide bonds. The van der Waals surface area contributed by atoms with Crippen molar-refractivity contribution in [3.05, 3.63) is 72.2 Å². The summed E-state index contributed by atoms with van der Waals surface area (Å²) in [5.41, 5.74) is 9.41. The number of carbonyl (C=O) groups is 1. The van der Waals surface area contributed by atoms with E-state index in [1.54, 1.807) is 0 Å². The van der Waals surface area contributed by atoms with E-state index in [9.17, 15) is 10.1 Å². The van der Waals surface area contributed by atoms with Gasteiger partial charge in [0.05, 0.1) is 27.0 Å². The number of hydrogen-bond acceptors (Lipinski definition) is 5. The molecule has 7 heteroatoms. The molecule has 2 aromatic rings. The standard InChI is InChI=1S/C20H15Br2N3OS/c21-12-4-1-2-5-13(12)25-14-6-3-7-15(26)19(14)18(11(10-23)20(25)24)16-8-9-17(22)27-16/h1-2,4-5,8-9,18H,3,6-7,24H2. The largest absolute Gasteiger partial charge is 0.384 e. The Hall–Kier alpha value is -1.88. The number of carbonyl (C=O) groups excluding carboxylic acids is 1. The highest BCUT2D eigenvalue weighted by molar-refractivity contribution is 9.11. The number of rotatable bonds is 2. The fraction of sp³-hybridized carbons (Fsp3) is 0.200. The molecule has 4 rings (SSSR count). The lowest BCUT2D eigenvalue weighted by Crippen LogP contribution is -2.38. The zero-order valence-corrected chi connectivity index (χ0v) is 18.2. The molecule has 4 nitrogen and oxygen atoms in total. The Labute approximate surface area is 178 Å². The zero-order valence-electron chi connectivity index (χ0n) is 14.2. The van der Waals surface area contributed by atoms with Gasteiger partial charge in [0, 0.05) is 27.0 Å². The summed E-state index contributed by atoms with van der Waals surface area (Å²) in [7, 11) is 0. The van der Waals surface area contributed by atoms with Crippen LogP contribution in [0.4, 0.5) is 5.69 Å². The number of Topliss-reactive ketones (excluding diaryl/α,β-unsaturated/α-hetero) is 1. The normalized spacial score (nSPS) is 20.0. The predicted molar refractivity (Wildman–Crippen MR) is 114 cm³/mol. The molecule has 0 radical (unpaired) electrons. The molecular weight excluding hydrogens is 490 g/mol. The molecule has 2 N–H and O–H groups in total. The third-order valence-corrected chi connectivity index (χ3v) is 7.24. The van der Waals surface area contributed by atoms with E-state index in [1.165, 1.54) is 11.3 Å². The molecule has 2 aliphatic rings. The van der Waals surface area contributed by atoms with Crippen molar-refractivity contribution in [3.8, 4) is 6.07 Å². The van der Waals surface area contributed by atoms with Gasteiger partial charge in [-0.2, -0.15) is 5.26 Å². The van der Waals surface area contributed by atoms with Gasteiger partial charge in [0.15, 0.2) is 5.78 Å². The quantitative estimate of drug-likeness (QED) is 0.579. The average molecular weight is 505 g/mol. The van der Waals surface area contributed by atoms with Gasteiger partial charge in [-0.25, -0.2) is 0 Å². The number of ketones is 1. The average Bonchev–Trinajstić information content (AvgIpc) is 3.08. The van der Waals surface area contributed by atoms with Crippen LogP contribution in [0.1, 0.15) is 30.1 Å². The first-order valence-corrected chi connectivity index (χ1v) is 10.9. The topological polar surface area (TPSA) is 70.1 Å². The van der Waals surface area contributed by atoms with E-state index in [-0.39, 0.29) is 5.78 Å². The number of hydrogen-bond donors (Lipinski definition) is 1. The number of halogens is 2. The summed E-state index contributed by atoms with van der Waals surface area (Å²) in [5.74, 6) is 0.100. The second-order valence-corrected chi connectivity index (χ2v) is 9.76. The maximum atomic E-state index is 13.0. The van der Waals surface area contributed by atoms with Crippen LogP contribution in [0.5, 0.6) is 0 Å². The Morgan fingerprint density at radius 1 is 1.19 bits per heavy atom. The SMILES string of the molecule is N#CC1=C(N)N(c2ccccc2Br)C2=C(C(=O)CCC2)C1c1ccc(Br)s1. The van der Waals surface area contributed by atoms with E-state index in [1.807, 2.05) is 41.3 Å². The number of thiophene rings is 1. The highest BCUT2D eigenvalue weighted by atomic mass is 79.9. The molecule has 0 fully saturated rings. The Kier molecular flexibility index (Phi) is 4.97. The van der Waals surface area contributed by atoms with Gasteiger partial charge in [-0.15, -0.1) is 11.3 Å². The molecule has 0 saturated heterocycles. The van der Waals surface area contributed by atoms with Gasteiger partial charge in [-0.1, -0.05) is 12.1 Å². The minimum atomic E-state index is -0.396. The van der Waals surface area contributed by atoms with Crippen molar-refractivity contribution in [2.24, 2.45) is 5.73 Å². The van der Waals surface area contributed by atoms with Crippen molar-refractivity contribution >= 4 is 54.7 Å². The molecule has 1 unspecified atom stereocenters. The maximum absolute atomic E-state index is 13.0. The number of nitrogens with zero attached hydrogens (tertiary/aromatic N) is 2. The fourth-order valence-electron chi connectivity index (χ4n) is 3.76. The lowest BCUT2D eigenvalue weighted by Gasteiger charge is -2.39. The second kappa shape index (κ2) is 7.27. The first-order valence-electron chi connectivity index (χ1n) is 8.48. The van der Waals surface area contributed by atoms with Crippen LogP contribution in [0.3, 0.4) is 0 Å². The highest BCUT2D eigenvalue weighted by Crippen LogP contribution is 2.48. The van der Waals surface area contributed by atoms with Crippen LogP contribution in [-0.4, -0.2) is 5.78 Å². The monoisotopic (exact) mass is 503 g/mol. The third kappa shape index (κ3) is 3.06. The van der Waals surface area contributed by atoms with Crippen molar-refractivity contribution < 1.29 is 4.79 Å². The molecule has 0 bridgehead atoms. The molecule has 1 atom stereocenters. The number of anilines is 1. The fourth-order valence-corrected chi connectivity index (χ4v) is 5.77. The molecular formula is C20H15Br2N3OS. The highest BCUT2D eigenvalue weighted by Gasteiger charge is 2.41. The Balaban J connectivity index is 1.99. The number of allylic oxidation sites excluding steroid dienone is 3. The summed E-state index contributed by atoms with van der Waals surface area (Å²) in [6.07, 6.45) is 2.05. The maximum Gasteiger partial charge on any atom is 0.161 e. The summed E-state index contributed by atoms with van der Waals surface area (Å²) in [6, 6.07) is 13.9. The van der Waals surface area contributed by atoms with Crippen LogP contribution in [0.25, 0.3) is 0 Å². The van der Waals surface area contributed by atoms with Crippen LogP contribution < -0.4 is 10.6 Å². The summed E-state index contributed by atoms with van der Waals surface area (Å²) in [6.45, 7) is 0. The Bertz CT molecular complexity index is 1050. The van der Waals surface area contributed by atoms with E-state index < -0.39 is 5.92 Å². The van der Waals surface area contributed by atoms with Crippen LogP contribution in [0.2, 0.25) is 0 Å². The molecule has 1 aliphatic heterocycles. The van der Waals surface area contributed by atoms with E-state index in [0.29, 0.717) is 23.4 Å². The minimum absolute atomic E-state index is 0.100. The van der Waals surface area contributed by atoms with E-state index in [2.05, 4.69) is 37.9 Å². The number of benzene rings is 1. The second-order valence-electron chi connectivity index (χ2n) is 6.41. The first kappa shape index (κ1) is 18.5. The lowest BCUT2D eigenvalue weighted by atomic mass is 9.78. The van der Waals surface area contributed by atoms with Crippen molar-refractivity contribution in [3.63, 3.8) is 0 Å². The molecule has 1 aliphatic carbocycles. The van der Waals surface area contributed by atoms with Crippen molar-refractivity contribution in [2.75, 3.05) is 4.90 Å². The summed E-state index contributed by atoms with van der Waals surface area (Å²) < 4.78 is 1.83. The van der Waals surface area contributed by atoms with Gasteiger partial charge in [-0.05, 0) is 69.0 Å².